The zero-order valence-electron chi connectivity index (χ0n) is 6.82. The topological polar surface area (TPSA) is 51.2 Å². The number of hydrogen-bond donors (Lipinski definition) is 0. The van der Waals surface area contributed by atoms with Gasteiger partial charge in [0, 0.05) is 6.26 Å². The SMILES string of the molecule is CS(=O)(=O)c1ccc(C=O)c(F)c1. The molecule has 0 amide bonds. The van der Waals surface area contributed by atoms with Crippen molar-refractivity contribution in [3.8, 4) is 0 Å². The molecule has 0 saturated carbocycles. The average molecular weight is 202 g/mol. The summed E-state index contributed by atoms with van der Waals surface area (Å²) in [5, 5.41) is 0. The van der Waals surface area contributed by atoms with Crippen LogP contribution in [0.3, 0.4) is 0 Å². The summed E-state index contributed by atoms with van der Waals surface area (Å²) in [6.07, 6.45) is 1.31. The average Bonchev–Trinajstić information content (AvgIpc) is 2.02. The molecule has 0 atom stereocenters. The Kier molecular flexibility index (Phi) is 2.47. The van der Waals surface area contributed by atoms with Gasteiger partial charge in [0.1, 0.15) is 5.82 Å². The number of rotatable bonds is 2. The Labute approximate surface area is 75.1 Å². The predicted molar refractivity (Wildman–Crippen MR) is 44.9 cm³/mol. The molecule has 1 rings (SSSR count). The zero-order valence-corrected chi connectivity index (χ0v) is 7.64. The van der Waals surface area contributed by atoms with Gasteiger partial charge in [-0.3, -0.25) is 4.79 Å². The summed E-state index contributed by atoms with van der Waals surface area (Å²) >= 11 is 0. The Balaban J connectivity index is 3.34. The molecular weight excluding hydrogens is 195 g/mol. The summed E-state index contributed by atoms with van der Waals surface area (Å²) in [6.45, 7) is 0. The molecule has 0 saturated heterocycles. The zero-order chi connectivity index (χ0) is 10.1. The summed E-state index contributed by atoms with van der Waals surface area (Å²) in [5.74, 6) is -0.821. The van der Waals surface area contributed by atoms with E-state index in [2.05, 4.69) is 0 Å². The summed E-state index contributed by atoms with van der Waals surface area (Å²) in [5.41, 5.74) is -0.146. The molecule has 5 heteroatoms. The van der Waals surface area contributed by atoms with E-state index in [9.17, 15) is 17.6 Å². The Bertz CT molecular complexity index is 437. The lowest BCUT2D eigenvalue weighted by Gasteiger charge is -1.99. The van der Waals surface area contributed by atoms with Crippen molar-refractivity contribution in [2.75, 3.05) is 6.26 Å². The number of aldehydes is 1. The first-order chi connectivity index (χ1) is 5.95. The number of carbonyl (C=O) groups excluding carboxylic acids is 1. The molecule has 0 bridgehead atoms. The van der Waals surface area contributed by atoms with Crippen LogP contribution in [0.25, 0.3) is 0 Å². The fraction of sp³-hybridized carbons (Fsp3) is 0.125. The lowest BCUT2D eigenvalue weighted by atomic mass is 10.2. The standard InChI is InChI=1S/C8H7FO3S/c1-13(11,12)7-3-2-6(5-10)8(9)4-7/h2-5H,1H3. The first-order valence-corrected chi connectivity index (χ1v) is 5.29. The highest BCUT2D eigenvalue weighted by Gasteiger charge is 2.09. The lowest BCUT2D eigenvalue weighted by Crippen LogP contribution is -1.99. The summed E-state index contributed by atoms with van der Waals surface area (Å²) < 4.78 is 34.7. The van der Waals surface area contributed by atoms with Crippen LogP contribution in [0.1, 0.15) is 10.4 Å². The third kappa shape index (κ3) is 2.12. The van der Waals surface area contributed by atoms with Gasteiger partial charge >= 0.3 is 0 Å². The third-order valence-electron chi connectivity index (χ3n) is 1.53. The van der Waals surface area contributed by atoms with Gasteiger partial charge in [-0.2, -0.15) is 0 Å². The van der Waals surface area contributed by atoms with Crippen LogP contribution < -0.4 is 0 Å². The summed E-state index contributed by atoms with van der Waals surface area (Å²) in [4.78, 5) is 10.1. The van der Waals surface area contributed by atoms with Crippen LogP contribution in [0.5, 0.6) is 0 Å². The molecule has 1 aromatic carbocycles. The molecule has 0 heterocycles. The molecule has 13 heavy (non-hydrogen) atoms. The smallest absolute Gasteiger partial charge is 0.175 e. The quantitative estimate of drug-likeness (QED) is 0.673. The monoisotopic (exact) mass is 202 g/mol. The number of sulfone groups is 1. The summed E-state index contributed by atoms with van der Waals surface area (Å²) in [7, 11) is -3.41. The molecule has 1 aromatic rings. The molecule has 70 valence electrons. The van der Waals surface area contributed by atoms with Gasteiger partial charge in [0.25, 0.3) is 0 Å². The minimum Gasteiger partial charge on any atom is -0.298 e. The van der Waals surface area contributed by atoms with Gasteiger partial charge in [-0.1, -0.05) is 0 Å². The number of hydrogen-bond acceptors (Lipinski definition) is 3. The van der Waals surface area contributed by atoms with E-state index >= 15 is 0 Å². The highest BCUT2D eigenvalue weighted by Crippen LogP contribution is 2.13. The highest BCUT2D eigenvalue weighted by molar-refractivity contribution is 7.90. The van der Waals surface area contributed by atoms with Crippen LogP contribution in [0.4, 0.5) is 4.39 Å². The van der Waals surface area contributed by atoms with Gasteiger partial charge in [-0.25, -0.2) is 12.8 Å². The Morgan fingerprint density at radius 3 is 2.38 bits per heavy atom. The van der Waals surface area contributed by atoms with Gasteiger partial charge in [0.05, 0.1) is 10.5 Å². The Hall–Kier alpha value is -1.23. The van der Waals surface area contributed by atoms with E-state index in [1.54, 1.807) is 0 Å². The van der Waals surface area contributed by atoms with Gasteiger partial charge < -0.3 is 0 Å². The fourth-order valence-electron chi connectivity index (χ4n) is 0.834. The Morgan fingerprint density at radius 1 is 1.38 bits per heavy atom. The first kappa shape index (κ1) is 9.85. The molecule has 0 radical (unpaired) electrons. The van der Waals surface area contributed by atoms with E-state index in [-0.39, 0.29) is 10.5 Å². The second-order valence-electron chi connectivity index (χ2n) is 2.57. The van der Waals surface area contributed by atoms with Crippen LogP contribution in [-0.2, 0) is 9.84 Å². The van der Waals surface area contributed by atoms with Crippen LogP contribution >= 0.6 is 0 Å². The number of halogens is 1. The van der Waals surface area contributed by atoms with Crippen LogP contribution in [0.15, 0.2) is 23.1 Å². The fourth-order valence-corrected chi connectivity index (χ4v) is 1.47. The lowest BCUT2D eigenvalue weighted by molar-refractivity contribution is 0.111. The maximum absolute atomic E-state index is 12.9. The van der Waals surface area contributed by atoms with Crippen molar-refractivity contribution in [3.05, 3.63) is 29.6 Å². The molecule has 0 aromatic heterocycles. The largest absolute Gasteiger partial charge is 0.298 e. The minimum atomic E-state index is -3.41. The second-order valence-corrected chi connectivity index (χ2v) is 4.59. The molecule has 0 unspecified atom stereocenters. The number of benzene rings is 1. The van der Waals surface area contributed by atoms with E-state index in [0.29, 0.717) is 6.29 Å². The minimum absolute atomic E-state index is 0.129. The van der Waals surface area contributed by atoms with Crippen molar-refractivity contribution in [2.24, 2.45) is 0 Å². The molecule has 0 aliphatic heterocycles. The van der Waals surface area contributed by atoms with Crippen LogP contribution in [0, 0.1) is 5.82 Å². The molecule has 0 N–H and O–H groups in total. The Morgan fingerprint density at radius 2 is 2.00 bits per heavy atom. The third-order valence-corrected chi connectivity index (χ3v) is 2.64. The molecule has 0 spiro atoms. The van der Waals surface area contributed by atoms with E-state index in [4.69, 9.17) is 0 Å². The van der Waals surface area contributed by atoms with E-state index in [0.717, 1.165) is 18.4 Å². The van der Waals surface area contributed by atoms with Crippen molar-refractivity contribution in [2.45, 2.75) is 4.90 Å². The molecular formula is C8H7FO3S. The van der Waals surface area contributed by atoms with Gasteiger partial charge in [-0.15, -0.1) is 0 Å². The van der Waals surface area contributed by atoms with Crippen molar-refractivity contribution in [1.82, 2.24) is 0 Å². The van der Waals surface area contributed by atoms with E-state index in [1.165, 1.54) is 6.07 Å². The normalized spacial score (nSPS) is 11.2. The van der Waals surface area contributed by atoms with Crippen molar-refractivity contribution < 1.29 is 17.6 Å². The maximum Gasteiger partial charge on any atom is 0.175 e. The van der Waals surface area contributed by atoms with E-state index < -0.39 is 15.7 Å². The van der Waals surface area contributed by atoms with Gasteiger partial charge in [0.15, 0.2) is 16.1 Å². The van der Waals surface area contributed by atoms with E-state index in [1.807, 2.05) is 0 Å². The van der Waals surface area contributed by atoms with Crippen molar-refractivity contribution in [3.63, 3.8) is 0 Å². The summed E-state index contributed by atoms with van der Waals surface area (Å²) in [6, 6.07) is 3.17. The van der Waals surface area contributed by atoms with Crippen molar-refractivity contribution >= 4 is 16.1 Å². The molecule has 0 aliphatic carbocycles. The molecule has 3 nitrogen and oxygen atoms in total. The maximum atomic E-state index is 12.9. The number of carbonyl (C=O) groups is 1. The molecule has 0 aliphatic rings. The van der Waals surface area contributed by atoms with Gasteiger partial charge in [0.2, 0.25) is 0 Å². The second kappa shape index (κ2) is 3.26. The van der Waals surface area contributed by atoms with Crippen molar-refractivity contribution in [1.29, 1.82) is 0 Å². The highest BCUT2D eigenvalue weighted by atomic mass is 32.2. The first-order valence-electron chi connectivity index (χ1n) is 3.40. The molecule has 0 fully saturated rings. The van der Waals surface area contributed by atoms with Crippen LogP contribution in [-0.4, -0.2) is 21.0 Å². The predicted octanol–water partition coefficient (Wildman–Crippen LogP) is 1.04. The van der Waals surface area contributed by atoms with Crippen LogP contribution in [0.2, 0.25) is 0 Å². The van der Waals surface area contributed by atoms with Gasteiger partial charge in [-0.05, 0) is 18.2 Å².